The van der Waals surface area contributed by atoms with Crippen LogP contribution in [0.25, 0.3) is 22.2 Å². The summed E-state index contributed by atoms with van der Waals surface area (Å²) in [7, 11) is -8.91. The van der Waals surface area contributed by atoms with Crippen LogP contribution in [0.2, 0.25) is 0 Å². The molecule has 4 rings (SSSR count). The summed E-state index contributed by atoms with van der Waals surface area (Å²) in [5.74, 6) is 0.359. The molecule has 0 amide bonds. The standard InChI is InChI=1S/C19H24N10O4S2/c20-6-7-26-35(32,33)14-5-4-10(15(17(14)34(23,30)31)19-24-9-25-29-19)11-2-1-3-13-16(11)28-18(27-13)12(22)8-21/h1-5,12,26H,6-9,20-22H2,(H,27,28)(H2,23,30,31)/t12-/m1/s1. The van der Waals surface area contributed by atoms with Crippen LogP contribution in [0.4, 0.5) is 0 Å². The van der Waals surface area contributed by atoms with Crippen molar-refractivity contribution in [3.63, 3.8) is 0 Å². The Labute approximate surface area is 201 Å². The normalized spacial score (nSPS) is 15.0. The molecule has 0 saturated heterocycles. The lowest BCUT2D eigenvalue weighted by atomic mass is 9.97. The van der Waals surface area contributed by atoms with Crippen molar-refractivity contribution in [2.45, 2.75) is 15.8 Å². The van der Waals surface area contributed by atoms with E-state index < -0.39 is 35.9 Å². The van der Waals surface area contributed by atoms with E-state index in [1.165, 1.54) is 6.07 Å². The van der Waals surface area contributed by atoms with Crippen molar-refractivity contribution in [1.29, 1.82) is 0 Å². The van der Waals surface area contributed by atoms with Crippen molar-refractivity contribution in [1.82, 2.24) is 14.7 Å². The molecule has 1 aliphatic heterocycles. The van der Waals surface area contributed by atoms with Crippen molar-refractivity contribution in [2.24, 2.45) is 37.6 Å². The molecule has 0 unspecified atom stereocenters. The monoisotopic (exact) mass is 520 g/mol. The zero-order chi connectivity index (χ0) is 25.4. The first-order valence-electron chi connectivity index (χ1n) is 10.3. The predicted octanol–water partition coefficient (Wildman–Crippen LogP) is -0.757. The van der Waals surface area contributed by atoms with Gasteiger partial charge in [-0.15, -0.1) is 5.11 Å². The van der Waals surface area contributed by atoms with E-state index in [0.29, 0.717) is 22.4 Å². The number of para-hydroxylation sites is 1. The molecule has 10 N–H and O–H groups in total. The third-order valence-corrected chi connectivity index (χ3v) is 7.86. The summed E-state index contributed by atoms with van der Waals surface area (Å²) in [6, 6.07) is 7.23. The number of nitrogens with one attached hydrogen (secondary N) is 2. The van der Waals surface area contributed by atoms with E-state index in [2.05, 4.69) is 29.9 Å². The molecular weight excluding hydrogens is 496 g/mol. The fourth-order valence-corrected chi connectivity index (χ4v) is 6.34. The Bertz CT molecular complexity index is 1560. The minimum Gasteiger partial charge on any atom is -0.341 e. The molecule has 1 aliphatic rings. The van der Waals surface area contributed by atoms with Gasteiger partial charge >= 0.3 is 0 Å². The number of fused-ring (bicyclic) bond motifs is 1. The molecule has 0 saturated carbocycles. The Balaban J connectivity index is 2.08. The highest BCUT2D eigenvalue weighted by atomic mass is 32.2. The van der Waals surface area contributed by atoms with Gasteiger partial charge in [0.25, 0.3) is 0 Å². The highest BCUT2D eigenvalue weighted by Gasteiger charge is 2.33. The zero-order valence-corrected chi connectivity index (χ0v) is 20.0. The molecule has 0 fully saturated rings. The first kappa shape index (κ1) is 25.0. The third kappa shape index (κ3) is 4.72. The number of benzene rings is 2. The Morgan fingerprint density at radius 3 is 2.49 bits per heavy atom. The summed E-state index contributed by atoms with van der Waals surface area (Å²) in [6.45, 7) is -0.00995. The Kier molecular flexibility index (Phi) is 6.78. The quantitative estimate of drug-likeness (QED) is 0.209. The number of sulfonamides is 2. The van der Waals surface area contributed by atoms with E-state index in [4.69, 9.17) is 22.3 Å². The molecule has 2 heterocycles. The largest absolute Gasteiger partial charge is 0.341 e. The molecule has 16 heteroatoms. The second-order valence-corrected chi connectivity index (χ2v) is 10.8. The lowest BCUT2D eigenvalue weighted by Gasteiger charge is -2.17. The highest BCUT2D eigenvalue weighted by molar-refractivity contribution is 7.92. The number of rotatable bonds is 9. The van der Waals surface area contributed by atoms with Crippen molar-refractivity contribution < 1.29 is 16.8 Å². The molecule has 1 atom stereocenters. The first-order valence-corrected chi connectivity index (χ1v) is 13.4. The average Bonchev–Trinajstić information content (AvgIpc) is 3.50. The van der Waals surface area contributed by atoms with Gasteiger partial charge < -0.3 is 22.2 Å². The number of aromatic amines is 1. The van der Waals surface area contributed by atoms with Gasteiger partial charge in [0.05, 0.1) is 22.6 Å². The van der Waals surface area contributed by atoms with E-state index in [-0.39, 0.29) is 43.3 Å². The van der Waals surface area contributed by atoms with Crippen LogP contribution in [0.1, 0.15) is 17.4 Å². The van der Waals surface area contributed by atoms with Gasteiger partial charge in [0.15, 0.2) is 12.5 Å². The maximum atomic E-state index is 13.0. The topological polar surface area (TPSA) is 250 Å². The Morgan fingerprint density at radius 2 is 1.86 bits per heavy atom. The minimum atomic E-state index is -4.60. The lowest BCUT2D eigenvalue weighted by molar-refractivity contribution is 0.573. The number of amidine groups is 1. The second kappa shape index (κ2) is 9.50. The van der Waals surface area contributed by atoms with Crippen molar-refractivity contribution in [3.8, 4) is 11.1 Å². The van der Waals surface area contributed by atoms with E-state index in [1.807, 2.05) is 0 Å². The van der Waals surface area contributed by atoms with Gasteiger partial charge in [-0.3, -0.25) is 0 Å². The smallest absolute Gasteiger partial charge is 0.241 e. The van der Waals surface area contributed by atoms with Crippen LogP contribution in [-0.4, -0.2) is 58.9 Å². The number of aliphatic imine (C=N–C) groups is 1. The number of azo groups is 1. The lowest BCUT2D eigenvalue weighted by Crippen LogP contribution is -2.31. The second-order valence-electron chi connectivity index (χ2n) is 7.58. The van der Waals surface area contributed by atoms with Crippen LogP contribution in [0.3, 0.4) is 0 Å². The summed E-state index contributed by atoms with van der Waals surface area (Å²) in [6.07, 6.45) is 0. The molecular formula is C19H24N10O4S2. The molecule has 0 radical (unpaired) electrons. The number of aromatic nitrogens is 2. The van der Waals surface area contributed by atoms with Gasteiger partial charge in [0, 0.05) is 25.2 Å². The van der Waals surface area contributed by atoms with E-state index >= 15 is 0 Å². The highest BCUT2D eigenvalue weighted by Crippen LogP contribution is 2.37. The fourth-order valence-electron chi connectivity index (χ4n) is 3.69. The van der Waals surface area contributed by atoms with Crippen LogP contribution in [0, 0.1) is 0 Å². The van der Waals surface area contributed by atoms with Gasteiger partial charge in [-0.25, -0.2) is 36.7 Å². The summed E-state index contributed by atoms with van der Waals surface area (Å²) in [5, 5.41) is 13.3. The zero-order valence-electron chi connectivity index (χ0n) is 18.3. The van der Waals surface area contributed by atoms with Crippen LogP contribution in [0.5, 0.6) is 0 Å². The van der Waals surface area contributed by atoms with Gasteiger partial charge in [0.2, 0.25) is 20.0 Å². The maximum absolute atomic E-state index is 13.0. The average molecular weight is 521 g/mol. The number of nitrogens with zero attached hydrogens (tertiary/aromatic N) is 4. The molecule has 3 aromatic rings. The fraction of sp³-hybridized carbons (Fsp3) is 0.263. The van der Waals surface area contributed by atoms with Crippen LogP contribution in [0.15, 0.2) is 55.3 Å². The number of H-pyrrole nitrogens is 1. The third-order valence-electron chi connectivity index (χ3n) is 5.23. The summed E-state index contributed by atoms with van der Waals surface area (Å²) in [5.41, 5.74) is 18.8. The van der Waals surface area contributed by atoms with E-state index in [0.717, 1.165) is 6.07 Å². The first-order chi connectivity index (χ1) is 16.6. The van der Waals surface area contributed by atoms with Crippen molar-refractivity contribution in [3.05, 3.63) is 41.7 Å². The molecule has 186 valence electrons. The molecule has 2 aromatic carbocycles. The molecule has 35 heavy (non-hydrogen) atoms. The predicted molar refractivity (Wildman–Crippen MR) is 129 cm³/mol. The number of nitrogens with two attached hydrogens (primary N) is 4. The summed E-state index contributed by atoms with van der Waals surface area (Å²) in [4.78, 5) is 10.6. The van der Waals surface area contributed by atoms with Crippen LogP contribution in [-0.2, 0) is 20.0 Å². The number of primary sulfonamides is 1. The van der Waals surface area contributed by atoms with E-state index in [1.54, 1.807) is 18.2 Å². The van der Waals surface area contributed by atoms with E-state index in [9.17, 15) is 16.8 Å². The van der Waals surface area contributed by atoms with Gasteiger partial charge in [0.1, 0.15) is 15.6 Å². The number of hydrogen-bond donors (Lipinski definition) is 6. The van der Waals surface area contributed by atoms with Crippen molar-refractivity contribution in [2.75, 3.05) is 26.3 Å². The summed E-state index contributed by atoms with van der Waals surface area (Å²) >= 11 is 0. The molecule has 0 bridgehead atoms. The number of imidazole rings is 1. The molecule has 0 spiro atoms. The molecule has 0 aliphatic carbocycles. The maximum Gasteiger partial charge on any atom is 0.241 e. The molecule has 1 aromatic heterocycles. The van der Waals surface area contributed by atoms with Gasteiger partial charge in [-0.2, -0.15) is 5.11 Å². The van der Waals surface area contributed by atoms with Gasteiger partial charge in [-0.05, 0) is 17.7 Å². The van der Waals surface area contributed by atoms with Crippen LogP contribution < -0.4 is 27.1 Å². The van der Waals surface area contributed by atoms with Crippen LogP contribution >= 0.6 is 0 Å². The molecule has 14 nitrogen and oxygen atoms in total. The minimum absolute atomic E-state index is 0.00419. The SMILES string of the molecule is NCCNS(=O)(=O)c1ccc(-c2cccc3[nH]c([C@H](N)CN)nc23)c(C2=NCN=N2)c1S(N)(=O)=O. The van der Waals surface area contributed by atoms with Gasteiger partial charge in [-0.1, -0.05) is 18.2 Å². The number of hydrogen-bond acceptors (Lipinski definition) is 11. The Hall–Kier alpha value is -3.12. The van der Waals surface area contributed by atoms with Crippen molar-refractivity contribution >= 4 is 36.9 Å². The Morgan fingerprint density at radius 1 is 1.09 bits per heavy atom. The summed E-state index contributed by atoms with van der Waals surface area (Å²) < 4.78 is 53.8.